The molecule has 10 atom stereocenters. The summed E-state index contributed by atoms with van der Waals surface area (Å²) in [5.74, 6) is 2.20. The van der Waals surface area contributed by atoms with Crippen molar-refractivity contribution in [3.05, 3.63) is 72.9 Å². The average Bonchev–Trinajstić information content (AvgIpc) is 3.50. The summed E-state index contributed by atoms with van der Waals surface area (Å²) in [7, 11) is 0. The molecule has 0 radical (unpaired) electrons. The summed E-state index contributed by atoms with van der Waals surface area (Å²) in [5.41, 5.74) is 0.0845. The topological polar surface area (TPSA) is 83.8 Å². The number of hydrogen-bond acceptors (Lipinski definition) is 4. The van der Waals surface area contributed by atoms with Gasteiger partial charge < -0.3 is 14.9 Å². The fourth-order valence-corrected chi connectivity index (χ4v) is 11.2. The van der Waals surface area contributed by atoms with Gasteiger partial charge in [-0.2, -0.15) is 0 Å². The Labute approximate surface area is 323 Å². The lowest BCUT2D eigenvalue weighted by Gasteiger charge is -2.62. The van der Waals surface area contributed by atoms with Gasteiger partial charge in [-0.1, -0.05) is 101 Å². The van der Waals surface area contributed by atoms with Crippen LogP contribution in [0, 0.1) is 46.3 Å². The van der Waals surface area contributed by atoms with Crippen LogP contribution in [0.2, 0.25) is 0 Å². The van der Waals surface area contributed by atoms with Gasteiger partial charge in [0.15, 0.2) is 0 Å². The highest BCUT2D eigenvalue weighted by Crippen LogP contribution is 2.68. The largest absolute Gasteiger partial charge is 0.481 e. The van der Waals surface area contributed by atoms with Crippen molar-refractivity contribution in [2.45, 2.75) is 168 Å². The molecule has 53 heavy (non-hydrogen) atoms. The van der Waals surface area contributed by atoms with Gasteiger partial charge in [0.05, 0.1) is 6.10 Å². The fourth-order valence-electron chi connectivity index (χ4n) is 11.2. The third-order valence-corrected chi connectivity index (χ3v) is 14.2. The molecule has 0 bridgehead atoms. The minimum absolute atomic E-state index is 0.0326. The molecule has 0 aromatic heterocycles. The first-order chi connectivity index (χ1) is 25.6. The summed E-state index contributed by atoms with van der Waals surface area (Å²) in [6.45, 7) is 9.20. The highest BCUT2D eigenvalue weighted by Gasteiger charge is 2.63. The van der Waals surface area contributed by atoms with Gasteiger partial charge in [0.2, 0.25) is 0 Å². The van der Waals surface area contributed by atoms with Crippen LogP contribution in [0.3, 0.4) is 0 Å². The highest BCUT2D eigenvalue weighted by molar-refractivity contribution is 5.69. The van der Waals surface area contributed by atoms with Gasteiger partial charge >= 0.3 is 11.9 Å². The van der Waals surface area contributed by atoms with Crippen LogP contribution in [0.5, 0.6) is 0 Å². The van der Waals surface area contributed by atoms with Crippen LogP contribution in [-0.2, 0) is 14.3 Å². The molecule has 296 valence electrons. The average molecular weight is 731 g/mol. The van der Waals surface area contributed by atoms with Crippen molar-refractivity contribution in [1.82, 2.24) is 0 Å². The predicted molar refractivity (Wildman–Crippen MR) is 219 cm³/mol. The number of esters is 1. The minimum Gasteiger partial charge on any atom is -0.481 e. The lowest BCUT2D eigenvalue weighted by Crippen LogP contribution is -2.59. The second-order valence-electron chi connectivity index (χ2n) is 17.4. The van der Waals surface area contributed by atoms with E-state index in [0.29, 0.717) is 48.3 Å². The fraction of sp³-hybridized carbons (Fsp3) is 0.708. The predicted octanol–water partition coefficient (Wildman–Crippen LogP) is 12.3. The van der Waals surface area contributed by atoms with E-state index >= 15 is 0 Å². The Morgan fingerprint density at radius 3 is 1.94 bits per heavy atom. The number of hydrogen-bond donors (Lipinski definition) is 2. The maximum Gasteiger partial charge on any atom is 0.306 e. The van der Waals surface area contributed by atoms with E-state index in [1.807, 2.05) is 0 Å². The number of unbranched alkanes of at least 4 members (excludes halogenated alkanes) is 2. The van der Waals surface area contributed by atoms with Crippen LogP contribution >= 0.6 is 0 Å². The maximum absolute atomic E-state index is 12.8. The normalized spacial score (nSPS) is 33.7. The molecule has 4 saturated carbocycles. The van der Waals surface area contributed by atoms with Crippen LogP contribution in [-0.4, -0.2) is 34.4 Å². The molecule has 4 aliphatic rings. The van der Waals surface area contributed by atoms with Gasteiger partial charge in [0.1, 0.15) is 6.10 Å². The Kier molecular flexibility index (Phi) is 17.9. The van der Waals surface area contributed by atoms with Gasteiger partial charge in [0.25, 0.3) is 0 Å². The number of carbonyl (C=O) groups is 2. The van der Waals surface area contributed by atoms with E-state index < -0.39 is 5.97 Å². The lowest BCUT2D eigenvalue weighted by molar-refractivity contribution is -0.181. The Balaban J connectivity index is 1.08. The lowest BCUT2D eigenvalue weighted by atomic mass is 9.43. The van der Waals surface area contributed by atoms with Gasteiger partial charge in [-0.3, -0.25) is 9.59 Å². The standard InChI is InChI=1S/C48H74O5/c1-5-6-7-8-9-10-11-12-13-14-15-16-17-18-19-20-21-22-23-24-25-26-46(52)53-39-33-34-47(3)38(35-39)28-29-40-42-31-30-41(37(2)27-32-45(50)51)48(42,4)44(49)36-43(40)47/h6-7,9-10,12-13,15-16,18-19,21-22,37-44,49H,5,8,11,14,17,20,23-36H2,1-4H3,(H,50,51)/b7-6-,10-9-,13-12-,16-15-,19-18-,22-21-. The zero-order chi connectivity index (χ0) is 38.1. The van der Waals surface area contributed by atoms with E-state index in [4.69, 9.17) is 4.74 Å². The summed E-state index contributed by atoms with van der Waals surface area (Å²) in [5, 5.41) is 21.1. The van der Waals surface area contributed by atoms with Crippen LogP contribution in [0.15, 0.2) is 72.9 Å². The summed E-state index contributed by atoms with van der Waals surface area (Å²) < 4.78 is 6.08. The first-order valence-corrected chi connectivity index (χ1v) is 21.6. The minimum atomic E-state index is -0.717. The van der Waals surface area contributed by atoms with Crippen molar-refractivity contribution in [2.75, 3.05) is 0 Å². The number of aliphatic hydroxyl groups is 1. The number of ether oxygens (including phenoxy) is 1. The molecule has 4 fully saturated rings. The van der Waals surface area contributed by atoms with E-state index in [9.17, 15) is 19.8 Å². The highest BCUT2D eigenvalue weighted by atomic mass is 16.5. The smallest absolute Gasteiger partial charge is 0.306 e. The van der Waals surface area contributed by atoms with Crippen molar-refractivity contribution in [3.8, 4) is 0 Å². The Morgan fingerprint density at radius 1 is 0.736 bits per heavy atom. The molecule has 10 unspecified atom stereocenters. The molecule has 0 amide bonds. The number of aliphatic carboxylic acids is 1. The molecule has 4 aliphatic carbocycles. The first-order valence-electron chi connectivity index (χ1n) is 21.6. The molecule has 0 heterocycles. The zero-order valence-corrected chi connectivity index (χ0v) is 33.8. The molecular weight excluding hydrogens is 657 g/mol. The number of allylic oxidation sites excluding steroid dienone is 12. The number of rotatable bonds is 21. The summed E-state index contributed by atoms with van der Waals surface area (Å²) >= 11 is 0. The van der Waals surface area contributed by atoms with Crippen LogP contribution in [0.1, 0.15) is 156 Å². The molecule has 0 spiro atoms. The van der Waals surface area contributed by atoms with Crippen molar-refractivity contribution in [2.24, 2.45) is 46.3 Å². The molecule has 0 aliphatic heterocycles. The quantitative estimate of drug-likeness (QED) is 0.0698. The molecule has 0 aromatic carbocycles. The van der Waals surface area contributed by atoms with Crippen LogP contribution in [0.4, 0.5) is 0 Å². The molecule has 2 N–H and O–H groups in total. The van der Waals surface area contributed by atoms with Crippen LogP contribution in [0.25, 0.3) is 0 Å². The number of carbonyl (C=O) groups excluding carboxylic acids is 1. The SMILES string of the molecule is CC/C=C\C/C=C\C/C=C\C/C=C\C/C=C\C/C=C\CCCCC(=O)OC1CCC2(C)C(CCC3C2CC(O)C2(C)C(C(C)CCC(=O)O)CCC32)C1. The van der Waals surface area contributed by atoms with Crippen molar-refractivity contribution < 1.29 is 24.5 Å². The second kappa shape index (κ2) is 22.0. The molecular formula is C48H74O5. The molecule has 5 nitrogen and oxygen atoms in total. The monoisotopic (exact) mass is 731 g/mol. The van der Waals surface area contributed by atoms with E-state index in [0.717, 1.165) is 96.3 Å². The van der Waals surface area contributed by atoms with E-state index in [2.05, 4.69) is 101 Å². The molecule has 0 saturated heterocycles. The Bertz CT molecular complexity index is 1300. The van der Waals surface area contributed by atoms with Gasteiger partial charge in [-0.05, 0) is 162 Å². The molecule has 5 heteroatoms. The number of carboxylic acids is 1. The number of fused-ring (bicyclic) bond motifs is 5. The summed E-state index contributed by atoms with van der Waals surface area (Å²) in [4.78, 5) is 24.1. The van der Waals surface area contributed by atoms with E-state index in [-0.39, 0.29) is 35.4 Å². The number of aliphatic hydroxyl groups excluding tert-OH is 1. The first kappa shape index (κ1) is 43.1. The van der Waals surface area contributed by atoms with Crippen molar-refractivity contribution in [3.63, 3.8) is 0 Å². The second-order valence-corrected chi connectivity index (χ2v) is 17.4. The van der Waals surface area contributed by atoms with Crippen molar-refractivity contribution >= 4 is 11.9 Å². The van der Waals surface area contributed by atoms with Gasteiger partial charge in [0, 0.05) is 12.8 Å². The third-order valence-electron chi connectivity index (χ3n) is 14.2. The van der Waals surface area contributed by atoms with Gasteiger partial charge in [-0.15, -0.1) is 0 Å². The Hall–Kier alpha value is -2.66. The van der Waals surface area contributed by atoms with Crippen LogP contribution < -0.4 is 0 Å². The van der Waals surface area contributed by atoms with Crippen molar-refractivity contribution in [1.29, 1.82) is 0 Å². The van der Waals surface area contributed by atoms with E-state index in [1.165, 1.54) is 12.8 Å². The molecule has 4 rings (SSSR count). The number of carboxylic acid groups (broad SMARTS) is 1. The third kappa shape index (κ3) is 12.2. The maximum atomic E-state index is 12.8. The zero-order valence-electron chi connectivity index (χ0n) is 33.8. The van der Waals surface area contributed by atoms with Gasteiger partial charge in [-0.25, -0.2) is 0 Å². The molecule has 0 aromatic rings. The van der Waals surface area contributed by atoms with E-state index in [1.54, 1.807) is 0 Å². The summed E-state index contributed by atoms with van der Waals surface area (Å²) in [6, 6.07) is 0. The summed E-state index contributed by atoms with van der Waals surface area (Å²) in [6.07, 6.45) is 45.3. The Morgan fingerprint density at radius 2 is 1.34 bits per heavy atom.